The van der Waals surface area contributed by atoms with Crippen LogP contribution in [0.5, 0.6) is 0 Å². The van der Waals surface area contributed by atoms with Crippen LogP contribution in [0.1, 0.15) is 24.2 Å². The van der Waals surface area contributed by atoms with Crippen molar-refractivity contribution in [3.8, 4) is 0 Å². The first kappa shape index (κ1) is 7.80. The van der Waals surface area contributed by atoms with Gasteiger partial charge in [0.05, 0.1) is 6.20 Å². The Bertz CT molecular complexity index is 257. The minimum absolute atomic E-state index is 0.596. The quantitative estimate of drug-likeness (QED) is 0.636. The van der Waals surface area contributed by atoms with Gasteiger partial charge in [-0.25, -0.2) is 0 Å². The second-order valence-corrected chi connectivity index (χ2v) is 3.47. The molecule has 0 spiro atoms. The number of nitrogens with two attached hydrogens (primary N) is 1. The maximum absolute atomic E-state index is 5.64. The van der Waals surface area contributed by atoms with Gasteiger partial charge < -0.3 is 10.3 Å². The molecule has 1 aliphatic carbocycles. The number of rotatable bonds is 1. The lowest BCUT2D eigenvalue weighted by Crippen LogP contribution is -2.15. The van der Waals surface area contributed by atoms with Crippen molar-refractivity contribution in [2.45, 2.75) is 25.7 Å². The van der Waals surface area contributed by atoms with E-state index in [2.05, 4.69) is 5.16 Å². The number of fused-ring (bicyclic) bond motifs is 1. The summed E-state index contributed by atoms with van der Waals surface area (Å²) in [5.41, 5.74) is 6.92. The fourth-order valence-corrected chi connectivity index (χ4v) is 1.80. The van der Waals surface area contributed by atoms with Crippen molar-refractivity contribution >= 4 is 0 Å². The fraction of sp³-hybridized carbons (Fsp3) is 0.667. The van der Waals surface area contributed by atoms with Gasteiger partial charge in [-0.15, -0.1) is 0 Å². The van der Waals surface area contributed by atoms with Crippen molar-refractivity contribution in [3.05, 3.63) is 17.5 Å². The zero-order valence-electron chi connectivity index (χ0n) is 7.12. The molecule has 2 rings (SSSR count). The smallest absolute Gasteiger partial charge is 0.140 e. The topological polar surface area (TPSA) is 52.0 Å². The predicted octanol–water partition coefficient (Wildman–Crippen LogP) is 1.13. The third-order valence-electron chi connectivity index (χ3n) is 2.60. The standard InChI is InChI=1S/C9H14N2O/c10-5-7-2-1-3-8-6-11-12-9(8)4-7/h6-7H,1-5,10H2/t7-/m0/s1. The van der Waals surface area contributed by atoms with E-state index in [1.54, 1.807) is 0 Å². The second kappa shape index (κ2) is 3.27. The van der Waals surface area contributed by atoms with Gasteiger partial charge in [0.2, 0.25) is 0 Å². The van der Waals surface area contributed by atoms with Crippen LogP contribution < -0.4 is 5.73 Å². The van der Waals surface area contributed by atoms with Gasteiger partial charge in [-0.1, -0.05) is 5.16 Å². The Balaban J connectivity index is 2.18. The van der Waals surface area contributed by atoms with Crippen LogP contribution in [0.2, 0.25) is 0 Å². The van der Waals surface area contributed by atoms with E-state index in [4.69, 9.17) is 10.3 Å². The molecule has 1 heterocycles. The zero-order chi connectivity index (χ0) is 8.39. The molecule has 1 atom stereocenters. The first-order chi connectivity index (χ1) is 5.90. The average Bonchev–Trinajstić information content (AvgIpc) is 2.43. The van der Waals surface area contributed by atoms with Crippen molar-refractivity contribution in [1.29, 1.82) is 0 Å². The SMILES string of the molecule is NC[C@H]1CCCc2cnoc2C1. The second-order valence-electron chi connectivity index (χ2n) is 3.47. The van der Waals surface area contributed by atoms with E-state index in [0.29, 0.717) is 5.92 Å². The normalized spacial score (nSPS) is 23.2. The highest BCUT2D eigenvalue weighted by Gasteiger charge is 2.18. The Labute approximate surface area is 71.9 Å². The van der Waals surface area contributed by atoms with Crippen molar-refractivity contribution in [3.63, 3.8) is 0 Å². The summed E-state index contributed by atoms with van der Waals surface area (Å²) in [7, 11) is 0. The molecule has 1 aliphatic rings. The number of aryl methyl sites for hydroxylation is 1. The van der Waals surface area contributed by atoms with Gasteiger partial charge in [0, 0.05) is 12.0 Å². The molecular weight excluding hydrogens is 152 g/mol. The molecule has 0 bridgehead atoms. The summed E-state index contributed by atoms with van der Waals surface area (Å²) in [6, 6.07) is 0. The summed E-state index contributed by atoms with van der Waals surface area (Å²) in [6.45, 7) is 0.764. The molecule has 1 aromatic heterocycles. The minimum Gasteiger partial charge on any atom is -0.361 e. The number of aromatic nitrogens is 1. The third-order valence-corrected chi connectivity index (χ3v) is 2.60. The summed E-state index contributed by atoms with van der Waals surface area (Å²) < 4.78 is 5.16. The van der Waals surface area contributed by atoms with E-state index in [-0.39, 0.29) is 0 Å². The summed E-state index contributed by atoms with van der Waals surface area (Å²) >= 11 is 0. The van der Waals surface area contributed by atoms with Crippen molar-refractivity contribution in [1.82, 2.24) is 5.16 Å². The van der Waals surface area contributed by atoms with Gasteiger partial charge >= 0.3 is 0 Å². The maximum atomic E-state index is 5.64. The molecular formula is C9H14N2O. The van der Waals surface area contributed by atoms with Crippen LogP contribution in [0, 0.1) is 5.92 Å². The van der Waals surface area contributed by atoms with Crippen LogP contribution in [0.25, 0.3) is 0 Å². The lowest BCUT2D eigenvalue weighted by atomic mass is 10.0. The molecule has 0 aromatic carbocycles. The number of hydrogen-bond donors (Lipinski definition) is 1. The average molecular weight is 166 g/mol. The van der Waals surface area contributed by atoms with Crippen LogP contribution in [0.3, 0.4) is 0 Å². The lowest BCUT2D eigenvalue weighted by Gasteiger charge is -2.08. The molecule has 3 nitrogen and oxygen atoms in total. The van der Waals surface area contributed by atoms with Crippen LogP contribution in [0.4, 0.5) is 0 Å². The van der Waals surface area contributed by atoms with Crippen molar-refractivity contribution < 1.29 is 4.52 Å². The highest BCUT2D eigenvalue weighted by Crippen LogP contribution is 2.23. The Morgan fingerprint density at radius 2 is 2.58 bits per heavy atom. The van der Waals surface area contributed by atoms with E-state index in [9.17, 15) is 0 Å². The number of nitrogens with zero attached hydrogens (tertiary/aromatic N) is 1. The molecule has 1 aromatic rings. The van der Waals surface area contributed by atoms with Gasteiger partial charge in [-0.05, 0) is 31.7 Å². The van der Waals surface area contributed by atoms with Gasteiger partial charge in [0.1, 0.15) is 5.76 Å². The molecule has 0 radical (unpaired) electrons. The summed E-state index contributed by atoms with van der Waals surface area (Å²) in [5, 5.41) is 3.80. The Morgan fingerprint density at radius 3 is 3.42 bits per heavy atom. The van der Waals surface area contributed by atoms with Gasteiger partial charge in [-0.3, -0.25) is 0 Å². The van der Waals surface area contributed by atoms with Crippen LogP contribution >= 0.6 is 0 Å². The minimum atomic E-state index is 0.596. The largest absolute Gasteiger partial charge is 0.361 e. The van der Waals surface area contributed by atoms with Gasteiger partial charge in [0.25, 0.3) is 0 Å². The van der Waals surface area contributed by atoms with Crippen molar-refractivity contribution in [2.75, 3.05) is 6.54 Å². The number of hydrogen-bond acceptors (Lipinski definition) is 3. The fourth-order valence-electron chi connectivity index (χ4n) is 1.80. The highest BCUT2D eigenvalue weighted by atomic mass is 16.5. The third kappa shape index (κ3) is 1.37. The first-order valence-electron chi connectivity index (χ1n) is 4.52. The molecule has 3 heteroatoms. The van der Waals surface area contributed by atoms with Crippen LogP contribution in [0.15, 0.2) is 10.7 Å². The Morgan fingerprint density at radius 1 is 1.67 bits per heavy atom. The van der Waals surface area contributed by atoms with E-state index in [1.165, 1.54) is 18.4 Å². The summed E-state index contributed by atoms with van der Waals surface area (Å²) in [5.74, 6) is 1.65. The highest BCUT2D eigenvalue weighted by molar-refractivity contribution is 5.15. The first-order valence-corrected chi connectivity index (χ1v) is 4.52. The molecule has 2 N–H and O–H groups in total. The molecule has 0 saturated carbocycles. The van der Waals surface area contributed by atoms with E-state index >= 15 is 0 Å². The summed E-state index contributed by atoms with van der Waals surface area (Å²) in [6.07, 6.45) is 6.37. The van der Waals surface area contributed by atoms with E-state index in [1.807, 2.05) is 6.20 Å². The zero-order valence-corrected chi connectivity index (χ0v) is 7.12. The van der Waals surface area contributed by atoms with E-state index in [0.717, 1.165) is 25.1 Å². The molecule has 12 heavy (non-hydrogen) atoms. The Hall–Kier alpha value is -0.830. The van der Waals surface area contributed by atoms with Crippen LogP contribution in [-0.2, 0) is 12.8 Å². The summed E-state index contributed by atoms with van der Waals surface area (Å²) in [4.78, 5) is 0. The monoisotopic (exact) mass is 166 g/mol. The molecule has 0 aliphatic heterocycles. The van der Waals surface area contributed by atoms with Gasteiger partial charge in [0.15, 0.2) is 0 Å². The molecule has 0 fully saturated rings. The molecule has 66 valence electrons. The molecule has 0 saturated heterocycles. The van der Waals surface area contributed by atoms with Crippen molar-refractivity contribution in [2.24, 2.45) is 11.7 Å². The van der Waals surface area contributed by atoms with Crippen LogP contribution in [-0.4, -0.2) is 11.7 Å². The maximum Gasteiger partial charge on any atom is 0.140 e. The Kier molecular flexibility index (Phi) is 2.13. The molecule has 0 unspecified atom stereocenters. The lowest BCUT2D eigenvalue weighted by molar-refractivity contribution is 0.356. The van der Waals surface area contributed by atoms with Gasteiger partial charge in [-0.2, -0.15) is 0 Å². The molecule has 0 amide bonds. The van der Waals surface area contributed by atoms with E-state index < -0.39 is 0 Å². The predicted molar refractivity (Wildman–Crippen MR) is 45.7 cm³/mol.